The highest BCUT2D eigenvalue weighted by molar-refractivity contribution is 5.78. The first-order chi connectivity index (χ1) is 21.2. The van der Waals surface area contributed by atoms with E-state index in [0.717, 1.165) is 0 Å². The van der Waals surface area contributed by atoms with Crippen molar-refractivity contribution in [1.29, 1.82) is 0 Å². The Bertz CT molecular complexity index is 1110. The molecule has 15 nitrogen and oxygen atoms in total. The highest BCUT2D eigenvalue weighted by Crippen LogP contribution is 2.36. The van der Waals surface area contributed by atoms with Crippen molar-refractivity contribution in [2.24, 2.45) is 21.7 Å². The number of rotatable bonds is 8. The minimum atomic E-state index is -1.92. The number of carbonyl (C=O) groups excluding carboxylic acids is 4. The van der Waals surface area contributed by atoms with Crippen molar-refractivity contribution >= 4 is 23.9 Å². The number of hydrogen-bond acceptors (Lipinski definition) is 15. The van der Waals surface area contributed by atoms with Gasteiger partial charge in [0.15, 0.2) is 30.9 Å². The average Bonchev–Trinajstić information content (AvgIpc) is 2.92. The van der Waals surface area contributed by atoms with Gasteiger partial charge in [-0.1, -0.05) is 0 Å². The van der Waals surface area contributed by atoms with E-state index in [1.165, 1.54) is 0 Å². The molecule has 2 rings (SSSR count). The van der Waals surface area contributed by atoms with Gasteiger partial charge in [0.1, 0.15) is 37.1 Å². The number of hydrogen-bond donors (Lipinski definition) is 4. The summed E-state index contributed by atoms with van der Waals surface area (Å²) >= 11 is 0. The highest BCUT2D eigenvalue weighted by atomic mass is 16.8. The largest absolute Gasteiger partial charge is 0.462 e. The van der Waals surface area contributed by atoms with Crippen molar-refractivity contribution in [3.63, 3.8) is 0 Å². The lowest BCUT2D eigenvalue weighted by Gasteiger charge is -2.48. The maximum absolute atomic E-state index is 13.4. The third kappa shape index (κ3) is 10.5. The van der Waals surface area contributed by atoms with E-state index in [9.17, 15) is 39.6 Å². The van der Waals surface area contributed by atoms with Crippen LogP contribution in [0.5, 0.6) is 0 Å². The van der Waals surface area contributed by atoms with Crippen molar-refractivity contribution in [2.45, 2.75) is 144 Å². The van der Waals surface area contributed by atoms with Gasteiger partial charge in [-0.2, -0.15) is 0 Å². The third-order valence-corrected chi connectivity index (χ3v) is 7.28. The van der Waals surface area contributed by atoms with Crippen LogP contribution >= 0.6 is 0 Å². The zero-order valence-electron chi connectivity index (χ0n) is 29.5. The second-order valence-corrected chi connectivity index (χ2v) is 16.1. The molecular weight excluding hydrogens is 624 g/mol. The molecule has 0 aromatic rings. The molecule has 0 unspecified atom stereocenters. The van der Waals surface area contributed by atoms with Gasteiger partial charge in [-0.25, -0.2) is 0 Å². The van der Waals surface area contributed by atoms with Crippen LogP contribution in [-0.4, -0.2) is 119 Å². The Labute approximate surface area is 276 Å². The maximum atomic E-state index is 13.4. The van der Waals surface area contributed by atoms with Gasteiger partial charge >= 0.3 is 23.9 Å². The van der Waals surface area contributed by atoms with Crippen LogP contribution in [0.3, 0.4) is 0 Å². The second kappa shape index (κ2) is 15.0. The summed E-state index contributed by atoms with van der Waals surface area (Å²) in [4.78, 5) is 52.8. The van der Waals surface area contributed by atoms with Crippen molar-refractivity contribution in [1.82, 2.24) is 0 Å². The fourth-order valence-electron chi connectivity index (χ4n) is 4.17. The molecule has 2 saturated heterocycles. The lowest BCUT2D eigenvalue weighted by Crippen LogP contribution is -2.66. The Morgan fingerprint density at radius 2 is 0.979 bits per heavy atom. The molecule has 0 spiro atoms. The molecule has 0 amide bonds. The number of ether oxygens (including phenoxy) is 7. The molecule has 0 aliphatic carbocycles. The summed E-state index contributed by atoms with van der Waals surface area (Å²) in [5, 5.41) is 41.5. The number of carbonyl (C=O) groups is 4. The van der Waals surface area contributed by atoms with Crippen LogP contribution in [0.1, 0.15) is 83.1 Å². The lowest BCUT2D eigenvalue weighted by molar-refractivity contribution is -0.364. The molecule has 0 aromatic carbocycles. The molecule has 2 aliphatic rings. The van der Waals surface area contributed by atoms with Gasteiger partial charge < -0.3 is 53.6 Å². The van der Waals surface area contributed by atoms with Crippen LogP contribution < -0.4 is 0 Å². The highest BCUT2D eigenvalue weighted by Gasteiger charge is 2.57. The Morgan fingerprint density at radius 3 is 1.40 bits per heavy atom. The fourth-order valence-corrected chi connectivity index (χ4v) is 4.17. The summed E-state index contributed by atoms with van der Waals surface area (Å²) in [6, 6.07) is 0. The molecular formula is C32H54O15. The predicted octanol–water partition coefficient (Wildman–Crippen LogP) is 0.991. The summed E-state index contributed by atoms with van der Waals surface area (Å²) in [7, 11) is 0. The Morgan fingerprint density at radius 1 is 0.553 bits per heavy atom. The molecule has 272 valence electrons. The van der Waals surface area contributed by atoms with Crippen LogP contribution in [0.4, 0.5) is 0 Å². The van der Waals surface area contributed by atoms with Crippen LogP contribution in [0, 0.1) is 21.7 Å². The van der Waals surface area contributed by atoms with E-state index >= 15 is 0 Å². The first-order valence-corrected chi connectivity index (χ1v) is 15.6. The van der Waals surface area contributed by atoms with Gasteiger partial charge in [-0.05, 0) is 83.1 Å². The van der Waals surface area contributed by atoms with Crippen molar-refractivity contribution in [3.05, 3.63) is 0 Å². The molecule has 2 aliphatic heterocycles. The monoisotopic (exact) mass is 678 g/mol. The Balaban J connectivity index is 2.73. The minimum Gasteiger partial charge on any atom is -0.462 e. The zero-order chi connectivity index (χ0) is 36.4. The summed E-state index contributed by atoms with van der Waals surface area (Å²) in [6.07, 6.45) is -16.7. The summed E-state index contributed by atoms with van der Waals surface area (Å²) < 4.78 is 40.4. The summed E-state index contributed by atoms with van der Waals surface area (Å²) in [5.74, 6) is -2.99. The number of aliphatic hydroxyl groups is 4. The standard InChI is InChI=1S/C32H54O15/c1-29(2,3)25(37)41-14-16-19(45-26(38)30(4,5)6)21(46-27(39)31(7,8)9)22(47-28(40)32(10,11)12)24(43-16)44-20-18(35)17(34)15(13-33)42-23(20)36/h15-24,33-36H,13-14H2,1-12H3/t15-,16-,17+,18+,19-,20-,21+,22-,23-,24+/m1/s1. The van der Waals surface area contributed by atoms with Crippen LogP contribution in [0.15, 0.2) is 0 Å². The summed E-state index contributed by atoms with van der Waals surface area (Å²) in [5.41, 5.74) is -4.23. The lowest BCUT2D eigenvalue weighted by atomic mass is 9.92. The fraction of sp³-hybridized carbons (Fsp3) is 0.875. The molecule has 2 fully saturated rings. The van der Waals surface area contributed by atoms with Crippen molar-refractivity contribution < 1.29 is 72.8 Å². The van der Waals surface area contributed by atoms with E-state index in [1.54, 1.807) is 83.1 Å². The molecule has 0 bridgehead atoms. The molecule has 2 heterocycles. The molecule has 0 aromatic heterocycles. The van der Waals surface area contributed by atoms with Gasteiger partial charge in [0.25, 0.3) is 0 Å². The van der Waals surface area contributed by atoms with Crippen molar-refractivity contribution in [2.75, 3.05) is 13.2 Å². The van der Waals surface area contributed by atoms with Gasteiger partial charge in [0.2, 0.25) is 0 Å². The van der Waals surface area contributed by atoms with Crippen LogP contribution in [-0.2, 0) is 52.3 Å². The smallest absolute Gasteiger partial charge is 0.311 e. The van der Waals surface area contributed by atoms with Crippen LogP contribution in [0.25, 0.3) is 0 Å². The van der Waals surface area contributed by atoms with Gasteiger partial charge in [0, 0.05) is 0 Å². The second-order valence-electron chi connectivity index (χ2n) is 16.1. The zero-order valence-corrected chi connectivity index (χ0v) is 29.5. The predicted molar refractivity (Wildman–Crippen MR) is 162 cm³/mol. The van der Waals surface area contributed by atoms with Crippen molar-refractivity contribution in [3.8, 4) is 0 Å². The number of esters is 4. The Kier molecular flexibility index (Phi) is 13.0. The van der Waals surface area contributed by atoms with Gasteiger partial charge in [0.05, 0.1) is 28.3 Å². The first kappa shape index (κ1) is 40.8. The van der Waals surface area contributed by atoms with E-state index in [-0.39, 0.29) is 0 Å². The average molecular weight is 679 g/mol. The van der Waals surface area contributed by atoms with Gasteiger partial charge in [-0.15, -0.1) is 0 Å². The van der Waals surface area contributed by atoms with E-state index in [0.29, 0.717) is 0 Å². The SMILES string of the molecule is CC(C)(C)C(=O)OC[C@H]1O[C@@H](O[C@@H]2[C@@H](O)[C@@H](O)[C@@H](CO)O[C@H]2O)[C@H](OC(=O)C(C)(C)C)[C@@H](OC(=O)C(C)(C)C)[C@@H]1OC(=O)C(C)(C)C. The maximum Gasteiger partial charge on any atom is 0.311 e. The normalized spacial score (nSPS) is 32.3. The quantitative estimate of drug-likeness (QED) is 0.208. The van der Waals surface area contributed by atoms with E-state index < -0.39 is 120 Å². The molecule has 47 heavy (non-hydrogen) atoms. The van der Waals surface area contributed by atoms with Crippen LogP contribution in [0.2, 0.25) is 0 Å². The molecule has 0 saturated carbocycles. The summed E-state index contributed by atoms with van der Waals surface area (Å²) in [6.45, 7) is 17.7. The molecule has 0 radical (unpaired) electrons. The van der Waals surface area contributed by atoms with E-state index in [1.807, 2.05) is 0 Å². The topological polar surface area (TPSA) is 214 Å². The third-order valence-electron chi connectivity index (χ3n) is 7.28. The molecule has 4 N–H and O–H groups in total. The first-order valence-electron chi connectivity index (χ1n) is 15.6. The Hall–Kier alpha value is -2.40. The molecule has 15 heteroatoms. The number of aliphatic hydroxyl groups excluding tert-OH is 4. The van der Waals surface area contributed by atoms with Gasteiger partial charge in [-0.3, -0.25) is 19.2 Å². The van der Waals surface area contributed by atoms with E-state index in [2.05, 4.69) is 0 Å². The molecule has 10 atom stereocenters. The van der Waals surface area contributed by atoms with E-state index in [4.69, 9.17) is 33.2 Å². The minimum absolute atomic E-state index is 0.553.